The Balaban J connectivity index is 2.49. The van der Waals surface area contributed by atoms with Crippen molar-refractivity contribution in [3.05, 3.63) is 0 Å². The lowest BCUT2D eigenvalue weighted by molar-refractivity contribution is -0.128. The Morgan fingerprint density at radius 1 is 1.64 bits per heavy atom. The normalized spacial score (nSPS) is 16.0. The van der Waals surface area contributed by atoms with Gasteiger partial charge >= 0.3 is 0 Å². The van der Waals surface area contributed by atoms with Crippen LogP contribution in [0.1, 0.15) is 33.1 Å². The second kappa shape index (κ2) is 4.75. The van der Waals surface area contributed by atoms with E-state index in [0.29, 0.717) is 25.3 Å². The van der Waals surface area contributed by atoms with Crippen LogP contribution in [0.5, 0.6) is 0 Å². The minimum absolute atomic E-state index is 0.0240. The van der Waals surface area contributed by atoms with Gasteiger partial charge in [0.15, 0.2) is 0 Å². The summed E-state index contributed by atoms with van der Waals surface area (Å²) < 4.78 is 0. The lowest BCUT2D eigenvalue weighted by Crippen LogP contribution is -2.21. The molecule has 0 saturated heterocycles. The molecule has 0 aliphatic carbocycles. The topological polar surface area (TPSA) is 56.5 Å². The third-order valence-electron chi connectivity index (χ3n) is 1.98. The van der Waals surface area contributed by atoms with Crippen LogP contribution in [0.15, 0.2) is 5.10 Å². The summed E-state index contributed by atoms with van der Waals surface area (Å²) in [5.74, 6) is 0.549. The smallest absolute Gasteiger partial charge is 0.248 e. The minimum Gasteiger partial charge on any atom is -0.273 e. The molecule has 1 aliphatic heterocycles. The van der Waals surface area contributed by atoms with Crippen molar-refractivity contribution in [2.75, 3.05) is 6.54 Å². The average Bonchev–Trinajstić information content (AvgIpc) is 2.41. The number of amides is 1. The van der Waals surface area contributed by atoms with E-state index < -0.39 is 0 Å². The predicted molar refractivity (Wildman–Crippen MR) is 53.5 cm³/mol. The monoisotopic (exact) mass is 193 g/mol. The first kappa shape index (κ1) is 10.7. The van der Waals surface area contributed by atoms with Gasteiger partial charge in [0.2, 0.25) is 5.91 Å². The molecule has 0 bridgehead atoms. The van der Waals surface area contributed by atoms with Gasteiger partial charge in [-0.25, -0.2) is 5.01 Å². The van der Waals surface area contributed by atoms with Crippen molar-refractivity contribution in [3.8, 4) is 6.07 Å². The van der Waals surface area contributed by atoms with Crippen LogP contribution in [-0.4, -0.2) is 23.2 Å². The highest BCUT2D eigenvalue weighted by Crippen LogP contribution is 2.14. The van der Waals surface area contributed by atoms with Gasteiger partial charge in [0.25, 0.3) is 0 Å². The molecule has 76 valence electrons. The first-order valence-corrected chi connectivity index (χ1v) is 4.87. The van der Waals surface area contributed by atoms with Crippen LogP contribution in [-0.2, 0) is 4.79 Å². The molecule has 0 unspecified atom stereocenters. The van der Waals surface area contributed by atoms with Crippen LogP contribution >= 0.6 is 0 Å². The van der Waals surface area contributed by atoms with Gasteiger partial charge in [0.1, 0.15) is 0 Å². The number of rotatable bonds is 4. The highest BCUT2D eigenvalue weighted by atomic mass is 16.2. The molecular formula is C10H15N3O. The molecule has 0 radical (unpaired) electrons. The maximum atomic E-state index is 11.4. The van der Waals surface area contributed by atoms with Crippen molar-refractivity contribution < 1.29 is 4.79 Å². The number of hydrogen-bond donors (Lipinski definition) is 0. The highest BCUT2D eigenvalue weighted by Gasteiger charge is 2.23. The van der Waals surface area contributed by atoms with E-state index in [1.807, 2.05) is 6.07 Å². The molecule has 1 rings (SSSR count). The SMILES string of the molecule is CC(C)CC1=NN(CCC#N)C(=O)C1. The van der Waals surface area contributed by atoms with Gasteiger partial charge in [-0.15, -0.1) is 0 Å². The predicted octanol–water partition coefficient (Wildman–Crippen LogP) is 1.53. The van der Waals surface area contributed by atoms with Gasteiger partial charge in [-0.2, -0.15) is 10.4 Å². The van der Waals surface area contributed by atoms with E-state index in [2.05, 4.69) is 18.9 Å². The van der Waals surface area contributed by atoms with Crippen molar-refractivity contribution in [3.63, 3.8) is 0 Å². The van der Waals surface area contributed by atoms with Crippen LogP contribution < -0.4 is 0 Å². The van der Waals surface area contributed by atoms with Crippen LogP contribution in [0.4, 0.5) is 0 Å². The summed E-state index contributed by atoms with van der Waals surface area (Å²) in [4.78, 5) is 11.4. The summed E-state index contributed by atoms with van der Waals surface area (Å²) >= 11 is 0. The Hall–Kier alpha value is -1.37. The number of nitriles is 1. The zero-order chi connectivity index (χ0) is 10.6. The van der Waals surface area contributed by atoms with E-state index >= 15 is 0 Å². The Labute approximate surface area is 84.2 Å². The molecule has 0 aromatic heterocycles. The van der Waals surface area contributed by atoms with E-state index in [4.69, 9.17) is 5.26 Å². The summed E-state index contributed by atoms with van der Waals surface area (Å²) in [5, 5.41) is 14.0. The molecule has 0 aromatic carbocycles. The summed E-state index contributed by atoms with van der Waals surface area (Å²) in [5.41, 5.74) is 0.947. The Kier molecular flexibility index (Phi) is 3.63. The Morgan fingerprint density at radius 2 is 2.36 bits per heavy atom. The number of nitrogens with zero attached hydrogens (tertiary/aromatic N) is 3. The number of hydrogen-bond acceptors (Lipinski definition) is 3. The van der Waals surface area contributed by atoms with Crippen molar-refractivity contribution in [1.82, 2.24) is 5.01 Å². The summed E-state index contributed by atoms with van der Waals surface area (Å²) in [7, 11) is 0. The second-order valence-corrected chi connectivity index (χ2v) is 3.87. The molecule has 0 spiro atoms. The van der Waals surface area contributed by atoms with Crippen molar-refractivity contribution in [1.29, 1.82) is 5.26 Å². The molecule has 1 aliphatic rings. The van der Waals surface area contributed by atoms with Crippen LogP contribution in [0.2, 0.25) is 0 Å². The molecule has 4 heteroatoms. The average molecular weight is 193 g/mol. The zero-order valence-corrected chi connectivity index (χ0v) is 8.66. The highest BCUT2D eigenvalue weighted by molar-refractivity contribution is 6.04. The Bertz CT molecular complexity index is 288. The van der Waals surface area contributed by atoms with E-state index in [0.717, 1.165) is 12.1 Å². The molecule has 1 heterocycles. The fourth-order valence-electron chi connectivity index (χ4n) is 1.44. The fourth-order valence-corrected chi connectivity index (χ4v) is 1.44. The first-order chi connectivity index (χ1) is 6.63. The third kappa shape index (κ3) is 2.84. The van der Waals surface area contributed by atoms with Crippen molar-refractivity contribution in [2.45, 2.75) is 33.1 Å². The second-order valence-electron chi connectivity index (χ2n) is 3.87. The molecular weight excluding hydrogens is 178 g/mol. The van der Waals surface area contributed by atoms with Gasteiger partial charge in [-0.1, -0.05) is 13.8 Å². The summed E-state index contributed by atoms with van der Waals surface area (Å²) in [6.45, 7) is 4.63. The van der Waals surface area contributed by atoms with Crippen molar-refractivity contribution >= 4 is 11.6 Å². The lowest BCUT2D eigenvalue weighted by Gasteiger charge is -2.07. The number of carbonyl (C=O) groups excluding carboxylic acids is 1. The standard InChI is InChI=1S/C10H15N3O/c1-8(2)6-9-7-10(14)13(12-9)5-3-4-11/h8H,3,5-7H2,1-2H3. The van der Waals surface area contributed by atoms with E-state index in [1.165, 1.54) is 5.01 Å². The molecule has 0 fully saturated rings. The molecule has 0 saturated carbocycles. The van der Waals surface area contributed by atoms with E-state index in [9.17, 15) is 4.79 Å². The van der Waals surface area contributed by atoms with Gasteiger partial charge in [0, 0.05) is 5.71 Å². The van der Waals surface area contributed by atoms with E-state index in [-0.39, 0.29) is 5.91 Å². The maximum absolute atomic E-state index is 11.4. The molecule has 14 heavy (non-hydrogen) atoms. The summed E-state index contributed by atoms with van der Waals surface area (Å²) in [6, 6.07) is 2.01. The van der Waals surface area contributed by atoms with Gasteiger partial charge < -0.3 is 0 Å². The minimum atomic E-state index is 0.0240. The number of carbonyl (C=O) groups is 1. The zero-order valence-electron chi connectivity index (χ0n) is 8.66. The molecule has 0 N–H and O–H groups in total. The summed E-state index contributed by atoms with van der Waals surface area (Å²) in [6.07, 6.45) is 1.66. The van der Waals surface area contributed by atoms with Gasteiger partial charge in [-0.3, -0.25) is 4.79 Å². The van der Waals surface area contributed by atoms with Crippen LogP contribution in [0.25, 0.3) is 0 Å². The van der Waals surface area contributed by atoms with Crippen molar-refractivity contribution in [2.24, 2.45) is 11.0 Å². The van der Waals surface area contributed by atoms with E-state index in [1.54, 1.807) is 0 Å². The number of hydrazone groups is 1. The van der Waals surface area contributed by atoms with Crippen LogP contribution in [0.3, 0.4) is 0 Å². The first-order valence-electron chi connectivity index (χ1n) is 4.87. The quantitative estimate of drug-likeness (QED) is 0.680. The lowest BCUT2D eigenvalue weighted by atomic mass is 10.1. The van der Waals surface area contributed by atoms with Gasteiger partial charge in [0.05, 0.1) is 25.5 Å². The van der Waals surface area contributed by atoms with Crippen LogP contribution in [0, 0.1) is 17.2 Å². The Morgan fingerprint density at radius 3 is 2.93 bits per heavy atom. The maximum Gasteiger partial charge on any atom is 0.248 e. The van der Waals surface area contributed by atoms with Gasteiger partial charge in [-0.05, 0) is 12.3 Å². The molecule has 0 atom stereocenters. The fraction of sp³-hybridized carbons (Fsp3) is 0.700. The third-order valence-corrected chi connectivity index (χ3v) is 1.98. The molecule has 4 nitrogen and oxygen atoms in total. The molecule has 1 amide bonds. The largest absolute Gasteiger partial charge is 0.273 e. The molecule has 0 aromatic rings.